The first-order valence-electron chi connectivity index (χ1n) is 6.11. The van der Waals surface area contributed by atoms with Crippen LogP contribution in [-0.2, 0) is 6.18 Å². The number of allylic oxidation sites excluding steroid dienone is 1. The van der Waals surface area contributed by atoms with E-state index in [-0.39, 0.29) is 5.78 Å². The van der Waals surface area contributed by atoms with Crippen LogP contribution in [0.1, 0.15) is 21.5 Å². The number of halogens is 3. The van der Waals surface area contributed by atoms with Crippen LogP contribution in [0, 0.1) is 0 Å². The fraction of sp³-hybridized carbons (Fsp3) is 0.0625. The molecular formula is C16H12F3NO. The molecule has 0 aliphatic rings. The summed E-state index contributed by atoms with van der Waals surface area (Å²) in [4.78, 5) is 11.9. The molecule has 0 radical (unpaired) electrons. The van der Waals surface area contributed by atoms with E-state index in [1.54, 1.807) is 24.3 Å². The van der Waals surface area contributed by atoms with Gasteiger partial charge in [-0.2, -0.15) is 13.2 Å². The second-order valence-electron chi connectivity index (χ2n) is 4.44. The van der Waals surface area contributed by atoms with E-state index in [4.69, 9.17) is 5.73 Å². The summed E-state index contributed by atoms with van der Waals surface area (Å²) >= 11 is 0. The van der Waals surface area contributed by atoms with Crippen molar-refractivity contribution in [2.24, 2.45) is 0 Å². The minimum atomic E-state index is -4.36. The third-order valence-corrected chi connectivity index (χ3v) is 2.84. The smallest absolute Gasteiger partial charge is 0.399 e. The molecule has 0 spiro atoms. The summed E-state index contributed by atoms with van der Waals surface area (Å²) in [5.41, 5.74) is 6.28. The quantitative estimate of drug-likeness (QED) is 0.523. The standard InChI is InChI=1S/C16H12F3NO/c17-16(18,19)13-7-4-11(5-8-13)6-9-15(21)12-2-1-3-14(20)10-12/h1-10H,20H2. The number of rotatable bonds is 3. The van der Waals surface area contributed by atoms with E-state index in [9.17, 15) is 18.0 Å². The number of nitrogen functional groups attached to an aromatic ring is 1. The zero-order valence-corrected chi connectivity index (χ0v) is 10.9. The third kappa shape index (κ3) is 3.95. The first kappa shape index (κ1) is 14.8. The molecule has 0 heterocycles. The van der Waals surface area contributed by atoms with E-state index in [2.05, 4.69) is 0 Å². The molecule has 0 aliphatic carbocycles. The normalized spacial score (nSPS) is 11.8. The second-order valence-corrected chi connectivity index (χ2v) is 4.44. The molecule has 0 aliphatic heterocycles. The lowest BCUT2D eigenvalue weighted by atomic mass is 10.1. The Morgan fingerprint density at radius 1 is 1.05 bits per heavy atom. The molecule has 2 aromatic carbocycles. The van der Waals surface area contributed by atoms with Crippen LogP contribution in [0.3, 0.4) is 0 Å². The van der Waals surface area contributed by atoms with Gasteiger partial charge in [0.15, 0.2) is 5.78 Å². The lowest BCUT2D eigenvalue weighted by molar-refractivity contribution is -0.137. The molecule has 2 aromatic rings. The first-order chi connectivity index (χ1) is 9.86. The average Bonchev–Trinajstić information content (AvgIpc) is 2.44. The Hall–Kier alpha value is -2.56. The van der Waals surface area contributed by atoms with Gasteiger partial charge in [-0.25, -0.2) is 0 Å². The van der Waals surface area contributed by atoms with Crippen molar-refractivity contribution in [2.45, 2.75) is 6.18 Å². The Bertz CT molecular complexity index is 673. The molecule has 108 valence electrons. The van der Waals surface area contributed by atoms with Crippen molar-refractivity contribution in [3.8, 4) is 0 Å². The largest absolute Gasteiger partial charge is 0.416 e. The number of carbonyl (C=O) groups is 1. The van der Waals surface area contributed by atoms with Gasteiger partial charge in [-0.05, 0) is 35.9 Å². The van der Waals surface area contributed by atoms with E-state index in [0.29, 0.717) is 16.8 Å². The Balaban J connectivity index is 2.12. The monoisotopic (exact) mass is 291 g/mol. The van der Waals surface area contributed by atoms with Gasteiger partial charge in [0.05, 0.1) is 5.56 Å². The van der Waals surface area contributed by atoms with Crippen molar-refractivity contribution >= 4 is 17.5 Å². The topological polar surface area (TPSA) is 43.1 Å². The summed E-state index contributed by atoms with van der Waals surface area (Å²) in [6.07, 6.45) is -1.59. The highest BCUT2D eigenvalue weighted by Gasteiger charge is 2.29. The van der Waals surface area contributed by atoms with E-state index in [1.807, 2.05) is 0 Å². The van der Waals surface area contributed by atoms with Crippen LogP contribution >= 0.6 is 0 Å². The Labute approximate surface area is 119 Å². The number of anilines is 1. The van der Waals surface area contributed by atoms with Crippen molar-refractivity contribution in [1.82, 2.24) is 0 Å². The number of benzene rings is 2. The van der Waals surface area contributed by atoms with Crippen molar-refractivity contribution in [1.29, 1.82) is 0 Å². The second kappa shape index (κ2) is 5.83. The van der Waals surface area contributed by atoms with Crippen LogP contribution in [0.2, 0.25) is 0 Å². The minimum absolute atomic E-state index is 0.262. The molecule has 0 saturated carbocycles. The maximum absolute atomic E-state index is 12.4. The molecular weight excluding hydrogens is 279 g/mol. The van der Waals surface area contributed by atoms with E-state index >= 15 is 0 Å². The highest BCUT2D eigenvalue weighted by atomic mass is 19.4. The zero-order chi connectivity index (χ0) is 15.5. The molecule has 21 heavy (non-hydrogen) atoms. The summed E-state index contributed by atoms with van der Waals surface area (Å²) in [6, 6.07) is 11.1. The summed E-state index contributed by atoms with van der Waals surface area (Å²) in [7, 11) is 0. The molecule has 2 N–H and O–H groups in total. The predicted octanol–water partition coefficient (Wildman–Crippen LogP) is 4.18. The van der Waals surface area contributed by atoms with E-state index in [1.165, 1.54) is 24.3 Å². The Morgan fingerprint density at radius 3 is 2.29 bits per heavy atom. The van der Waals surface area contributed by atoms with Crippen molar-refractivity contribution in [3.63, 3.8) is 0 Å². The van der Waals surface area contributed by atoms with Crippen LogP contribution in [-0.4, -0.2) is 5.78 Å². The lowest BCUT2D eigenvalue weighted by Crippen LogP contribution is -2.04. The fourth-order valence-electron chi connectivity index (χ4n) is 1.74. The zero-order valence-electron chi connectivity index (χ0n) is 10.9. The summed E-state index contributed by atoms with van der Waals surface area (Å²) in [6.45, 7) is 0. The van der Waals surface area contributed by atoms with Crippen LogP contribution in [0.15, 0.2) is 54.6 Å². The molecule has 0 aromatic heterocycles. The third-order valence-electron chi connectivity index (χ3n) is 2.84. The number of ketones is 1. The highest BCUT2D eigenvalue weighted by molar-refractivity contribution is 6.07. The molecule has 0 amide bonds. The molecule has 0 unspecified atom stereocenters. The van der Waals surface area contributed by atoms with Crippen molar-refractivity contribution < 1.29 is 18.0 Å². The van der Waals surface area contributed by atoms with Gasteiger partial charge in [0.25, 0.3) is 0 Å². The van der Waals surface area contributed by atoms with Crippen LogP contribution in [0.25, 0.3) is 6.08 Å². The van der Waals surface area contributed by atoms with Crippen LogP contribution in [0.4, 0.5) is 18.9 Å². The summed E-state index contributed by atoms with van der Waals surface area (Å²) in [5.74, 6) is -0.262. The first-order valence-corrected chi connectivity index (χ1v) is 6.11. The predicted molar refractivity (Wildman–Crippen MR) is 75.7 cm³/mol. The Kier molecular flexibility index (Phi) is 4.12. The van der Waals surface area contributed by atoms with Gasteiger partial charge in [-0.15, -0.1) is 0 Å². The van der Waals surface area contributed by atoms with Crippen molar-refractivity contribution in [2.75, 3.05) is 5.73 Å². The SMILES string of the molecule is Nc1cccc(C(=O)C=Cc2ccc(C(F)(F)F)cc2)c1. The van der Waals surface area contributed by atoms with E-state index in [0.717, 1.165) is 12.1 Å². The van der Waals surface area contributed by atoms with Gasteiger partial charge < -0.3 is 5.73 Å². The fourth-order valence-corrected chi connectivity index (χ4v) is 1.74. The highest BCUT2D eigenvalue weighted by Crippen LogP contribution is 2.29. The average molecular weight is 291 g/mol. The Morgan fingerprint density at radius 2 is 1.71 bits per heavy atom. The van der Waals surface area contributed by atoms with Gasteiger partial charge in [0, 0.05) is 11.3 Å². The molecule has 0 fully saturated rings. The van der Waals surface area contributed by atoms with Crippen molar-refractivity contribution in [3.05, 3.63) is 71.3 Å². The van der Waals surface area contributed by atoms with Gasteiger partial charge in [0.1, 0.15) is 0 Å². The summed E-state index contributed by atoms with van der Waals surface area (Å²) < 4.78 is 37.2. The van der Waals surface area contributed by atoms with Gasteiger partial charge in [-0.1, -0.05) is 30.3 Å². The van der Waals surface area contributed by atoms with Gasteiger partial charge in [-0.3, -0.25) is 4.79 Å². The molecule has 2 nitrogen and oxygen atoms in total. The number of hydrogen-bond donors (Lipinski definition) is 1. The van der Waals surface area contributed by atoms with E-state index < -0.39 is 11.7 Å². The molecule has 5 heteroatoms. The number of nitrogens with two attached hydrogens (primary N) is 1. The van der Waals surface area contributed by atoms with Gasteiger partial charge in [0.2, 0.25) is 0 Å². The summed E-state index contributed by atoms with van der Waals surface area (Å²) in [5, 5.41) is 0. The molecule has 0 saturated heterocycles. The lowest BCUT2D eigenvalue weighted by Gasteiger charge is -2.05. The van der Waals surface area contributed by atoms with Crippen LogP contribution < -0.4 is 5.73 Å². The maximum Gasteiger partial charge on any atom is 0.416 e. The molecule has 0 bridgehead atoms. The van der Waals surface area contributed by atoms with Gasteiger partial charge >= 0.3 is 6.18 Å². The van der Waals surface area contributed by atoms with Crippen LogP contribution in [0.5, 0.6) is 0 Å². The maximum atomic E-state index is 12.4. The minimum Gasteiger partial charge on any atom is -0.399 e. The number of alkyl halides is 3. The number of carbonyl (C=O) groups excluding carboxylic acids is 1. The molecule has 2 rings (SSSR count). The molecule has 0 atom stereocenters. The number of hydrogen-bond acceptors (Lipinski definition) is 2.